The number of nitrogens with one attached hydrogen (secondary N) is 1. The molecule has 0 amide bonds. The largest absolute Gasteiger partial charge is 0.299 e. The van der Waals surface area contributed by atoms with Gasteiger partial charge in [0.25, 0.3) is 0 Å². The van der Waals surface area contributed by atoms with Crippen molar-refractivity contribution in [3.05, 3.63) is 35.9 Å². The van der Waals surface area contributed by atoms with Crippen LogP contribution in [0, 0.1) is 0 Å². The smallest absolute Gasteiger partial charge is 0.211 e. The summed E-state index contributed by atoms with van der Waals surface area (Å²) >= 11 is 0. The van der Waals surface area contributed by atoms with E-state index in [0.29, 0.717) is 6.54 Å². The van der Waals surface area contributed by atoms with Crippen molar-refractivity contribution in [1.29, 1.82) is 0 Å². The molecule has 1 aromatic rings. The van der Waals surface area contributed by atoms with Gasteiger partial charge in [0.05, 0.1) is 5.75 Å². The molecule has 1 fully saturated rings. The van der Waals surface area contributed by atoms with Gasteiger partial charge in [0.1, 0.15) is 0 Å². The molecule has 1 saturated heterocycles. The SMILES string of the molecule is CCS(=O)(=O)NCC(Cc1ccccc1)N1CCCC1. The fourth-order valence-corrected chi connectivity index (χ4v) is 3.30. The van der Waals surface area contributed by atoms with Crippen LogP contribution < -0.4 is 4.72 Å². The molecule has 1 unspecified atom stereocenters. The fourth-order valence-electron chi connectivity index (χ4n) is 2.65. The van der Waals surface area contributed by atoms with E-state index in [1.165, 1.54) is 18.4 Å². The van der Waals surface area contributed by atoms with Crippen molar-refractivity contribution in [1.82, 2.24) is 9.62 Å². The number of nitrogens with zero attached hydrogens (tertiary/aromatic N) is 1. The first-order chi connectivity index (χ1) is 9.61. The van der Waals surface area contributed by atoms with Crippen molar-refractivity contribution in [3.8, 4) is 0 Å². The van der Waals surface area contributed by atoms with Crippen molar-refractivity contribution in [2.24, 2.45) is 0 Å². The van der Waals surface area contributed by atoms with Gasteiger partial charge in [0.15, 0.2) is 0 Å². The summed E-state index contributed by atoms with van der Waals surface area (Å²) in [4.78, 5) is 2.41. The Kier molecular flexibility index (Phi) is 5.57. The zero-order valence-electron chi connectivity index (χ0n) is 12.1. The minimum Gasteiger partial charge on any atom is -0.299 e. The quantitative estimate of drug-likeness (QED) is 0.832. The Morgan fingerprint density at radius 3 is 2.45 bits per heavy atom. The maximum Gasteiger partial charge on any atom is 0.211 e. The summed E-state index contributed by atoms with van der Waals surface area (Å²) in [5.74, 6) is 0.144. The molecule has 0 aromatic heterocycles. The van der Waals surface area contributed by atoms with Gasteiger partial charge < -0.3 is 0 Å². The average molecular weight is 296 g/mol. The molecule has 1 aliphatic heterocycles. The van der Waals surface area contributed by atoms with Crippen LogP contribution in [-0.2, 0) is 16.4 Å². The summed E-state index contributed by atoms with van der Waals surface area (Å²) in [6, 6.07) is 10.5. The van der Waals surface area contributed by atoms with Crippen LogP contribution in [0.25, 0.3) is 0 Å². The van der Waals surface area contributed by atoms with Gasteiger partial charge in [-0.25, -0.2) is 13.1 Å². The van der Waals surface area contributed by atoms with Crippen molar-refractivity contribution < 1.29 is 8.42 Å². The molecule has 0 bridgehead atoms. The second-order valence-electron chi connectivity index (χ2n) is 5.34. The molecule has 0 aliphatic carbocycles. The molecule has 0 radical (unpaired) electrons. The van der Waals surface area contributed by atoms with Gasteiger partial charge in [-0.05, 0) is 44.8 Å². The number of hydrogen-bond donors (Lipinski definition) is 1. The van der Waals surface area contributed by atoms with Gasteiger partial charge in [-0.15, -0.1) is 0 Å². The highest BCUT2D eigenvalue weighted by molar-refractivity contribution is 7.89. The first-order valence-corrected chi connectivity index (χ1v) is 9.01. The van der Waals surface area contributed by atoms with E-state index in [2.05, 4.69) is 21.8 Å². The lowest BCUT2D eigenvalue weighted by atomic mass is 10.1. The van der Waals surface area contributed by atoms with E-state index in [9.17, 15) is 8.42 Å². The Bertz CT molecular complexity index is 496. The summed E-state index contributed by atoms with van der Waals surface area (Å²) in [7, 11) is -3.11. The van der Waals surface area contributed by atoms with Crippen LogP contribution in [0.4, 0.5) is 0 Å². The summed E-state index contributed by atoms with van der Waals surface area (Å²) in [5.41, 5.74) is 1.26. The Labute approximate surface area is 122 Å². The third-order valence-electron chi connectivity index (χ3n) is 3.89. The molecule has 1 atom stereocenters. The predicted octanol–water partition coefficient (Wildman–Crippen LogP) is 1.63. The van der Waals surface area contributed by atoms with Crippen LogP contribution in [0.5, 0.6) is 0 Å². The monoisotopic (exact) mass is 296 g/mol. The standard InChI is InChI=1S/C15H24N2O2S/c1-2-20(18,19)16-13-15(17-10-6-7-11-17)12-14-8-4-3-5-9-14/h3-5,8-9,15-16H,2,6-7,10-13H2,1H3. The minimum absolute atomic E-state index is 0.144. The van der Waals surface area contributed by atoms with Crippen LogP contribution in [0.1, 0.15) is 25.3 Å². The molecule has 112 valence electrons. The molecule has 0 spiro atoms. The molecular weight excluding hydrogens is 272 g/mol. The van der Waals surface area contributed by atoms with Crippen molar-refractivity contribution in [2.75, 3.05) is 25.4 Å². The van der Waals surface area contributed by atoms with Gasteiger partial charge in [-0.2, -0.15) is 0 Å². The highest BCUT2D eigenvalue weighted by Gasteiger charge is 2.23. The minimum atomic E-state index is -3.11. The zero-order chi connectivity index (χ0) is 14.4. The van der Waals surface area contributed by atoms with Crippen molar-refractivity contribution >= 4 is 10.0 Å². The second kappa shape index (κ2) is 7.20. The predicted molar refractivity (Wildman–Crippen MR) is 82.2 cm³/mol. The van der Waals surface area contributed by atoms with Gasteiger partial charge in [0, 0.05) is 12.6 Å². The number of rotatable bonds is 7. The Balaban J connectivity index is 2.01. The molecular formula is C15H24N2O2S. The molecule has 1 heterocycles. The molecule has 1 aliphatic rings. The van der Waals surface area contributed by atoms with E-state index in [-0.39, 0.29) is 11.8 Å². The third kappa shape index (κ3) is 4.58. The molecule has 1 aromatic carbocycles. The third-order valence-corrected chi connectivity index (χ3v) is 5.26. The highest BCUT2D eigenvalue weighted by atomic mass is 32.2. The Morgan fingerprint density at radius 1 is 1.20 bits per heavy atom. The number of sulfonamides is 1. The first kappa shape index (κ1) is 15.5. The summed E-state index contributed by atoms with van der Waals surface area (Å²) in [6.45, 7) is 4.33. The van der Waals surface area contributed by atoms with E-state index in [1.807, 2.05) is 18.2 Å². The van der Waals surface area contributed by atoms with Gasteiger partial charge in [-0.1, -0.05) is 30.3 Å². The lowest BCUT2D eigenvalue weighted by Gasteiger charge is -2.27. The van der Waals surface area contributed by atoms with Crippen LogP contribution in [0.2, 0.25) is 0 Å². The van der Waals surface area contributed by atoms with Crippen LogP contribution in [0.15, 0.2) is 30.3 Å². The van der Waals surface area contributed by atoms with E-state index in [4.69, 9.17) is 0 Å². The van der Waals surface area contributed by atoms with Gasteiger partial charge in [-0.3, -0.25) is 4.90 Å². The zero-order valence-corrected chi connectivity index (χ0v) is 12.9. The van der Waals surface area contributed by atoms with Crippen molar-refractivity contribution in [3.63, 3.8) is 0 Å². The topological polar surface area (TPSA) is 49.4 Å². The van der Waals surface area contributed by atoms with Crippen LogP contribution >= 0.6 is 0 Å². The summed E-state index contributed by atoms with van der Waals surface area (Å²) < 4.78 is 26.0. The lowest BCUT2D eigenvalue weighted by Crippen LogP contribution is -2.44. The molecule has 1 N–H and O–H groups in total. The van der Waals surface area contributed by atoms with E-state index >= 15 is 0 Å². The first-order valence-electron chi connectivity index (χ1n) is 7.36. The normalized spacial score (nSPS) is 18.2. The van der Waals surface area contributed by atoms with Gasteiger partial charge in [0.2, 0.25) is 10.0 Å². The maximum atomic E-state index is 11.6. The summed E-state index contributed by atoms with van der Waals surface area (Å²) in [6.07, 6.45) is 3.32. The molecule has 5 heteroatoms. The Morgan fingerprint density at radius 2 is 1.85 bits per heavy atom. The molecule has 4 nitrogen and oxygen atoms in total. The van der Waals surface area contributed by atoms with Crippen molar-refractivity contribution in [2.45, 2.75) is 32.2 Å². The van der Waals surface area contributed by atoms with E-state index < -0.39 is 10.0 Å². The highest BCUT2D eigenvalue weighted by Crippen LogP contribution is 2.15. The second-order valence-corrected chi connectivity index (χ2v) is 7.43. The molecule has 2 rings (SSSR count). The molecule has 20 heavy (non-hydrogen) atoms. The number of benzene rings is 1. The van der Waals surface area contributed by atoms with Crippen LogP contribution in [-0.4, -0.2) is 44.7 Å². The van der Waals surface area contributed by atoms with E-state index in [0.717, 1.165) is 19.5 Å². The molecule has 0 saturated carbocycles. The van der Waals surface area contributed by atoms with Crippen LogP contribution in [0.3, 0.4) is 0 Å². The maximum absolute atomic E-state index is 11.6. The lowest BCUT2D eigenvalue weighted by molar-refractivity contribution is 0.241. The Hall–Kier alpha value is -0.910. The number of hydrogen-bond acceptors (Lipinski definition) is 3. The summed E-state index contributed by atoms with van der Waals surface area (Å²) in [5, 5.41) is 0. The fraction of sp³-hybridized carbons (Fsp3) is 0.600. The average Bonchev–Trinajstić information content (AvgIpc) is 2.98. The number of likely N-dealkylation sites (tertiary alicyclic amines) is 1. The van der Waals surface area contributed by atoms with Gasteiger partial charge >= 0.3 is 0 Å². The van der Waals surface area contributed by atoms with E-state index in [1.54, 1.807) is 6.92 Å².